The third-order valence-electron chi connectivity index (χ3n) is 6.05. The van der Waals surface area contributed by atoms with Gasteiger partial charge in [0.2, 0.25) is 5.91 Å². The van der Waals surface area contributed by atoms with Gasteiger partial charge in [-0.1, -0.05) is 65.8 Å². The molecule has 0 saturated heterocycles. The molecule has 7 heteroatoms. The number of benzene rings is 2. The number of hydrogen-bond acceptors (Lipinski definition) is 5. The maximum absolute atomic E-state index is 13.2. The van der Waals surface area contributed by atoms with Crippen LogP contribution in [-0.4, -0.2) is 37.3 Å². The minimum Gasteiger partial charge on any atom is -0.381 e. The van der Waals surface area contributed by atoms with Crippen LogP contribution < -0.4 is 4.18 Å². The zero-order chi connectivity index (χ0) is 26.5. The Balaban J connectivity index is 2.34. The van der Waals surface area contributed by atoms with Gasteiger partial charge in [-0.05, 0) is 72.2 Å². The molecule has 194 valence electrons. The predicted molar refractivity (Wildman–Crippen MR) is 147 cm³/mol. The van der Waals surface area contributed by atoms with Crippen LogP contribution in [0.4, 0.5) is 0 Å². The lowest BCUT2D eigenvalue weighted by atomic mass is 9.88. The van der Waals surface area contributed by atoms with Gasteiger partial charge in [-0.2, -0.15) is 8.42 Å². The van der Waals surface area contributed by atoms with Gasteiger partial charge in [0.05, 0.1) is 0 Å². The molecule has 0 aliphatic carbocycles. The van der Waals surface area contributed by atoms with Crippen LogP contribution in [0.3, 0.4) is 0 Å². The van der Waals surface area contributed by atoms with E-state index in [0.717, 1.165) is 27.1 Å². The van der Waals surface area contributed by atoms with E-state index >= 15 is 0 Å². The zero-order valence-electron chi connectivity index (χ0n) is 22.6. The SMILES string of the molecule is CSc1ccc(CN(C(=O)CS(=O)(=O)Oc2c(C(C)C)cc(C(C)C)cc2C(C)C)C(C)C)cc1. The van der Waals surface area contributed by atoms with Gasteiger partial charge in [0, 0.05) is 17.5 Å². The molecule has 2 aromatic carbocycles. The Kier molecular flexibility index (Phi) is 10.3. The summed E-state index contributed by atoms with van der Waals surface area (Å²) in [7, 11) is -4.16. The van der Waals surface area contributed by atoms with Crippen molar-refractivity contribution in [3.63, 3.8) is 0 Å². The summed E-state index contributed by atoms with van der Waals surface area (Å²) in [5.74, 6) is -0.343. The second kappa shape index (κ2) is 12.3. The summed E-state index contributed by atoms with van der Waals surface area (Å²) in [5, 5.41) is 0. The van der Waals surface area contributed by atoms with Gasteiger partial charge in [-0.25, -0.2) is 0 Å². The lowest BCUT2D eigenvalue weighted by Gasteiger charge is -2.27. The van der Waals surface area contributed by atoms with E-state index < -0.39 is 21.8 Å². The molecule has 1 amide bonds. The van der Waals surface area contributed by atoms with Crippen LogP contribution in [0.25, 0.3) is 0 Å². The standard InChI is InChI=1S/C28H41NO4S2/c1-18(2)23-14-25(19(3)4)28(26(15-23)20(5)6)33-35(31,32)17-27(30)29(21(7)8)16-22-10-12-24(34-9)13-11-22/h10-15,18-21H,16-17H2,1-9H3. The van der Waals surface area contributed by atoms with Crippen molar-refractivity contribution in [2.75, 3.05) is 12.0 Å². The minimum absolute atomic E-state index is 0.0727. The first-order chi connectivity index (χ1) is 16.3. The fourth-order valence-electron chi connectivity index (χ4n) is 3.86. The number of amides is 1. The highest BCUT2D eigenvalue weighted by atomic mass is 32.2. The van der Waals surface area contributed by atoms with Crippen molar-refractivity contribution in [3.8, 4) is 5.75 Å². The normalized spacial score (nSPS) is 12.1. The molecule has 5 nitrogen and oxygen atoms in total. The first-order valence-corrected chi connectivity index (χ1v) is 15.1. The van der Waals surface area contributed by atoms with Crippen molar-refractivity contribution >= 4 is 27.8 Å². The largest absolute Gasteiger partial charge is 0.381 e. The molecule has 0 aliphatic rings. The lowest BCUT2D eigenvalue weighted by molar-refractivity contribution is -0.130. The van der Waals surface area contributed by atoms with Gasteiger partial charge in [0.25, 0.3) is 0 Å². The second-order valence-electron chi connectivity index (χ2n) is 10.2. The molecule has 0 bridgehead atoms. The van der Waals surface area contributed by atoms with Crippen molar-refractivity contribution in [1.82, 2.24) is 4.90 Å². The third kappa shape index (κ3) is 8.01. The molecule has 0 N–H and O–H groups in total. The van der Waals surface area contributed by atoms with E-state index in [2.05, 4.69) is 13.8 Å². The van der Waals surface area contributed by atoms with Crippen LogP contribution in [0.5, 0.6) is 5.75 Å². The van der Waals surface area contributed by atoms with E-state index in [9.17, 15) is 13.2 Å². The molecule has 0 spiro atoms. The van der Waals surface area contributed by atoms with Crippen molar-refractivity contribution in [2.45, 2.75) is 90.6 Å². The third-order valence-corrected chi connectivity index (χ3v) is 7.81. The van der Waals surface area contributed by atoms with Gasteiger partial charge < -0.3 is 9.08 Å². The summed E-state index contributed by atoms with van der Waals surface area (Å²) in [6, 6.07) is 11.9. The van der Waals surface area contributed by atoms with Crippen molar-refractivity contribution in [2.24, 2.45) is 0 Å². The van der Waals surface area contributed by atoms with Crippen LogP contribution in [0, 0.1) is 0 Å². The van der Waals surface area contributed by atoms with Gasteiger partial charge >= 0.3 is 10.1 Å². The highest BCUT2D eigenvalue weighted by Crippen LogP contribution is 2.38. The highest BCUT2D eigenvalue weighted by molar-refractivity contribution is 7.98. The van der Waals surface area contributed by atoms with Crippen LogP contribution in [-0.2, 0) is 21.5 Å². The molecule has 0 radical (unpaired) electrons. The monoisotopic (exact) mass is 519 g/mol. The molecule has 0 fully saturated rings. The summed E-state index contributed by atoms with van der Waals surface area (Å²) in [5.41, 5.74) is 3.81. The first-order valence-electron chi connectivity index (χ1n) is 12.3. The molecule has 0 heterocycles. The van der Waals surface area contributed by atoms with Crippen LogP contribution in [0.2, 0.25) is 0 Å². The summed E-state index contributed by atoms with van der Waals surface area (Å²) in [4.78, 5) is 15.9. The van der Waals surface area contributed by atoms with E-state index in [4.69, 9.17) is 4.18 Å². The van der Waals surface area contributed by atoms with Crippen LogP contribution in [0.1, 0.15) is 95.4 Å². The summed E-state index contributed by atoms with van der Waals surface area (Å²) >= 11 is 1.65. The number of thioether (sulfide) groups is 1. The van der Waals surface area contributed by atoms with Crippen molar-refractivity contribution in [1.29, 1.82) is 0 Å². The Morgan fingerprint density at radius 1 is 0.886 bits per heavy atom. The van der Waals surface area contributed by atoms with Crippen LogP contribution >= 0.6 is 11.8 Å². The summed E-state index contributed by atoms with van der Waals surface area (Å²) in [6.07, 6.45) is 2.01. The number of carbonyl (C=O) groups is 1. The Bertz CT molecular complexity index is 1080. The maximum Gasteiger partial charge on any atom is 0.318 e. The van der Waals surface area contributed by atoms with E-state index in [1.165, 1.54) is 0 Å². The lowest BCUT2D eigenvalue weighted by Crippen LogP contribution is -2.40. The quantitative estimate of drug-likeness (QED) is 0.238. The molecular weight excluding hydrogens is 478 g/mol. The molecule has 0 aliphatic heterocycles. The number of carbonyl (C=O) groups excluding carboxylic acids is 1. The second-order valence-corrected chi connectivity index (χ2v) is 12.7. The average Bonchev–Trinajstić information content (AvgIpc) is 2.76. The van der Waals surface area contributed by atoms with E-state index in [0.29, 0.717) is 18.2 Å². The fourth-order valence-corrected chi connectivity index (χ4v) is 5.24. The predicted octanol–water partition coefficient (Wildman–Crippen LogP) is 6.92. The van der Waals surface area contributed by atoms with Crippen LogP contribution in [0.15, 0.2) is 41.3 Å². The maximum atomic E-state index is 13.2. The summed E-state index contributed by atoms with van der Waals surface area (Å²) in [6.45, 7) is 16.5. The zero-order valence-corrected chi connectivity index (χ0v) is 24.2. The van der Waals surface area contributed by atoms with Crippen molar-refractivity contribution < 1.29 is 17.4 Å². The van der Waals surface area contributed by atoms with Gasteiger partial charge in [0.15, 0.2) is 5.75 Å². The summed E-state index contributed by atoms with van der Waals surface area (Å²) < 4.78 is 32.1. The minimum atomic E-state index is -4.16. The Labute approximate surface area is 216 Å². The first kappa shape index (κ1) is 29.2. The average molecular weight is 520 g/mol. The molecule has 0 unspecified atom stereocenters. The molecule has 2 aromatic rings. The molecule has 2 rings (SSSR count). The fraction of sp³-hybridized carbons (Fsp3) is 0.536. The van der Waals surface area contributed by atoms with E-state index in [-0.39, 0.29) is 17.9 Å². The van der Waals surface area contributed by atoms with Gasteiger partial charge in [-0.15, -0.1) is 11.8 Å². The topological polar surface area (TPSA) is 63.7 Å². The Morgan fingerprint density at radius 2 is 1.40 bits per heavy atom. The molecule has 0 aromatic heterocycles. The number of nitrogens with zero attached hydrogens (tertiary/aromatic N) is 1. The Hall–Kier alpha value is -1.99. The van der Waals surface area contributed by atoms with E-state index in [1.54, 1.807) is 16.7 Å². The van der Waals surface area contributed by atoms with E-state index in [1.807, 2.05) is 84.2 Å². The van der Waals surface area contributed by atoms with Crippen molar-refractivity contribution in [3.05, 3.63) is 58.7 Å². The number of hydrogen-bond donors (Lipinski definition) is 0. The molecule has 0 atom stereocenters. The molecule has 35 heavy (non-hydrogen) atoms. The Morgan fingerprint density at radius 3 is 1.80 bits per heavy atom. The van der Waals surface area contributed by atoms with Gasteiger partial charge in [0.1, 0.15) is 5.75 Å². The molecular formula is C28H41NO4S2. The van der Waals surface area contributed by atoms with Gasteiger partial charge in [-0.3, -0.25) is 4.79 Å². The molecule has 0 saturated carbocycles. The number of rotatable bonds is 11. The highest BCUT2D eigenvalue weighted by Gasteiger charge is 2.28. The smallest absolute Gasteiger partial charge is 0.318 e.